The highest BCUT2D eigenvalue weighted by Gasteiger charge is 2.32. The zero-order valence-electron chi connectivity index (χ0n) is 9.42. The molecule has 0 radical (unpaired) electrons. The maximum Gasteiger partial charge on any atom is 0.573 e. The highest BCUT2D eigenvalue weighted by molar-refractivity contribution is 5.31. The summed E-state index contributed by atoms with van der Waals surface area (Å²) in [6.45, 7) is 0. The summed E-state index contributed by atoms with van der Waals surface area (Å²) in [5.74, 6) is -0.181. The molecular formula is C12H13F3NO-. The molecule has 0 aromatic heterocycles. The van der Waals surface area contributed by atoms with Crippen molar-refractivity contribution in [2.45, 2.75) is 31.2 Å². The summed E-state index contributed by atoms with van der Waals surface area (Å²) in [4.78, 5) is 0. The fourth-order valence-electron chi connectivity index (χ4n) is 1.81. The zero-order chi connectivity index (χ0) is 12.5. The molecule has 0 saturated heterocycles. The molecule has 0 amide bonds. The third kappa shape index (κ3) is 3.36. The highest BCUT2D eigenvalue weighted by Crippen LogP contribution is 2.45. The maximum atomic E-state index is 11.9. The van der Waals surface area contributed by atoms with E-state index in [-0.39, 0.29) is 11.3 Å². The van der Waals surface area contributed by atoms with Crippen molar-refractivity contribution in [1.82, 2.24) is 0 Å². The van der Waals surface area contributed by atoms with Crippen LogP contribution in [0.5, 0.6) is 5.75 Å². The molecule has 2 nitrogen and oxygen atoms in total. The molecule has 0 spiro atoms. The molecular weight excluding hydrogens is 231 g/mol. The van der Waals surface area contributed by atoms with Gasteiger partial charge in [-0.25, -0.2) is 0 Å². The van der Waals surface area contributed by atoms with Crippen LogP contribution in [-0.2, 0) is 6.42 Å². The van der Waals surface area contributed by atoms with Gasteiger partial charge in [0.2, 0.25) is 0 Å². The number of alkyl halides is 3. The second kappa shape index (κ2) is 4.22. The molecule has 1 aromatic carbocycles. The first-order valence-electron chi connectivity index (χ1n) is 5.38. The molecule has 0 N–H and O–H groups in total. The largest absolute Gasteiger partial charge is 0.659 e. The first kappa shape index (κ1) is 12.2. The van der Waals surface area contributed by atoms with Crippen molar-refractivity contribution in [3.63, 3.8) is 0 Å². The van der Waals surface area contributed by atoms with Gasteiger partial charge in [-0.1, -0.05) is 25.0 Å². The van der Waals surface area contributed by atoms with E-state index in [1.807, 2.05) is 0 Å². The monoisotopic (exact) mass is 244 g/mol. The van der Waals surface area contributed by atoms with Crippen molar-refractivity contribution in [3.05, 3.63) is 35.1 Å². The van der Waals surface area contributed by atoms with Crippen LogP contribution >= 0.6 is 0 Å². The Morgan fingerprint density at radius 2 is 1.82 bits per heavy atom. The van der Waals surface area contributed by atoms with Gasteiger partial charge in [0.05, 0.1) is 0 Å². The molecule has 2 rings (SSSR count). The molecule has 1 aliphatic carbocycles. The van der Waals surface area contributed by atoms with E-state index in [4.69, 9.17) is 0 Å². The van der Waals surface area contributed by atoms with Crippen LogP contribution < -0.4 is 4.74 Å². The molecule has 1 fully saturated rings. The van der Waals surface area contributed by atoms with Crippen LogP contribution in [0.15, 0.2) is 24.3 Å². The summed E-state index contributed by atoms with van der Waals surface area (Å²) in [7, 11) is 1.79. The third-order valence-electron chi connectivity index (χ3n) is 2.99. The quantitative estimate of drug-likeness (QED) is 0.792. The van der Waals surface area contributed by atoms with E-state index in [9.17, 15) is 13.2 Å². The average Bonchev–Trinajstić information content (AvgIpc) is 3.00. The fourth-order valence-corrected chi connectivity index (χ4v) is 1.81. The van der Waals surface area contributed by atoms with Gasteiger partial charge in [-0.3, -0.25) is 0 Å². The van der Waals surface area contributed by atoms with Gasteiger partial charge < -0.3 is 10.1 Å². The van der Waals surface area contributed by atoms with Gasteiger partial charge in [-0.15, -0.1) is 18.7 Å². The van der Waals surface area contributed by atoms with Gasteiger partial charge in [-0.2, -0.15) is 7.05 Å². The Kier molecular flexibility index (Phi) is 3.03. The third-order valence-corrected chi connectivity index (χ3v) is 2.99. The molecule has 94 valence electrons. The van der Waals surface area contributed by atoms with Gasteiger partial charge >= 0.3 is 6.36 Å². The van der Waals surface area contributed by atoms with Gasteiger partial charge in [0.15, 0.2) is 0 Å². The first-order valence-corrected chi connectivity index (χ1v) is 5.38. The minimum absolute atomic E-state index is 0.0341. The Morgan fingerprint density at radius 3 is 2.24 bits per heavy atom. The smallest absolute Gasteiger partial charge is 0.573 e. The van der Waals surface area contributed by atoms with E-state index in [1.54, 1.807) is 19.2 Å². The molecule has 0 heterocycles. The standard InChI is InChI=1S/C12H13F3NO/c1-16-11(6-7-11)8-9-2-4-10(5-3-9)17-12(13,14)15/h2-5H,6-8H2,1H3/q-1. The Labute approximate surface area is 97.8 Å². The van der Waals surface area contributed by atoms with Crippen molar-refractivity contribution >= 4 is 0 Å². The van der Waals surface area contributed by atoms with Gasteiger partial charge in [-0.05, 0) is 24.1 Å². The van der Waals surface area contributed by atoms with Crippen molar-refractivity contribution in [3.8, 4) is 5.75 Å². The average molecular weight is 244 g/mol. The number of nitrogens with zero attached hydrogens (tertiary/aromatic N) is 1. The van der Waals surface area contributed by atoms with Gasteiger partial charge in [0.1, 0.15) is 5.75 Å². The lowest BCUT2D eigenvalue weighted by Crippen LogP contribution is -2.17. The van der Waals surface area contributed by atoms with Crippen LogP contribution in [0.25, 0.3) is 5.32 Å². The summed E-state index contributed by atoms with van der Waals surface area (Å²) < 4.78 is 39.6. The van der Waals surface area contributed by atoms with E-state index in [1.165, 1.54) is 12.1 Å². The van der Waals surface area contributed by atoms with Crippen LogP contribution in [0, 0.1) is 0 Å². The SMILES string of the molecule is C[N-]C1(Cc2ccc(OC(F)(F)F)cc2)CC1. The molecule has 0 unspecified atom stereocenters. The molecule has 0 atom stereocenters. The number of benzene rings is 1. The first-order chi connectivity index (χ1) is 7.92. The lowest BCUT2D eigenvalue weighted by atomic mass is 10.0. The number of hydrogen-bond donors (Lipinski definition) is 0. The second-order valence-electron chi connectivity index (χ2n) is 4.32. The minimum atomic E-state index is -4.63. The van der Waals surface area contributed by atoms with Crippen molar-refractivity contribution in [2.75, 3.05) is 7.05 Å². The number of ether oxygens (including phenoxy) is 1. The molecule has 5 heteroatoms. The number of likely N-dealkylation sites (N-methyl/N-ethyl adjacent to an activating group) is 1. The Morgan fingerprint density at radius 1 is 1.24 bits per heavy atom. The van der Waals surface area contributed by atoms with E-state index < -0.39 is 6.36 Å². The lowest BCUT2D eigenvalue weighted by Gasteiger charge is -2.27. The molecule has 17 heavy (non-hydrogen) atoms. The van der Waals surface area contributed by atoms with Crippen LogP contribution in [0.2, 0.25) is 0 Å². The summed E-state index contributed by atoms with van der Waals surface area (Å²) in [6.07, 6.45) is -1.72. The number of hydrogen-bond acceptors (Lipinski definition) is 1. The van der Waals surface area contributed by atoms with Crippen molar-refractivity contribution < 1.29 is 17.9 Å². The fraction of sp³-hybridized carbons (Fsp3) is 0.500. The van der Waals surface area contributed by atoms with E-state index in [0.717, 1.165) is 24.8 Å². The minimum Gasteiger partial charge on any atom is -0.659 e. The second-order valence-corrected chi connectivity index (χ2v) is 4.32. The van der Waals surface area contributed by atoms with Crippen LogP contribution in [0.3, 0.4) is 0 Å². The summed E-state index contributed by atoms with van der Waals surface area (Å²) in [5, 5.41) is 4.30. The predicted octanol–water partition coefficient (Wildman–Crippen LogP) is 3.66. The van der Waals surface area contributed by atoms with Crippen molar-refractivity contribution in [2.24, 2.45) is 0 Å². The molecule has 0 aliphatic heterocycles. The van der Waals surface area contributed by atoms with Gasteiger partial charge in [0.25, 0.3) is 0 Å². The number of halogens is 3. The van der Waals surface area contributed by atoms with E-state index in [0.29, 0.717) is 0 Å². The van der Waals surface area contributed by atoms with Gasteiger partial charge in [0, 0.05) is 0 Å². The highest BCUT2D eigenvalue weighted by atomic mass is 19.4. The lowest BCUT2D eigenvalue weighted by molar-refractivity contribution is -0.274. The normalized spacial score (nSPS) is 17.9. The zero-order valence-corrected chi connectivity index (χ0v) is 9.42. The van der Waals surface area contributed by atoms with E-state index in [2.05, 4.69) is 10.1 Å². The Hall–Kier alpha value is -1.23. The Bertz CT molecular complexity index is 382. The topological polar surface area (TPSA) is 23.3 Å². The molecule has 1 aliphatic rings. The summed E-state index contributed by atoms with van der Waals surface area (Å²) >= 11 is 0. The predicted molar refractivity (Wildman–Crippen MR) is 58.1 cm³/mol. The number of rotatable bonds is 4. The van der Waals surface area contributed by atoms with Crippen LogP contribution in [-0.4, -0.2) is 18.9 Å². The van der Waals surface area contributed by atoms with E-state index >= 15 is 0 Å². The van der Waals surface area contributed by atoms with Crippen LogP contribution in [0.4, 0.5) is 13.2 Å². The summed E-state index contributed by atoms with van der Waals surface area (Å²) in [5.41, 5.74) is 1.02. The molecule has 1 aromatic rings. The maximum absolute atomic E-state index is 11.9. The summed E-state index contributed by atoms with van der Waals surface area (Å²) in [6, 6.07) is 6.00. The van der Waals surface area contributed by atoms with Crippen LogP contribution in [0.1, 0.15) is 18.4 Å². The van der Waals surface area contributed by atoms with Crippen molar-refractivity contribution in [1.29, 1.82) is 0 Å². The molecule has 1 saturated carbocycles. The Balaban J connectivity index is 1.98. The molecule has 0 bridgehead atoms.